The smallest absolute Gasteiger partial charge is 0.278 e. The molecule has 3 aromatic rings. The molecule has 0 unspecified atom stereocenters. The predicted octanol–water partition coefficient (Wildman–Crippen LogP) is 3.70. The Morgan fingerprint density at radius 3 is 2.54 bits per heavy atom. The van der Waals surface area contributed by atoms with Gasteiger partial charge in [0.15, 0.2) is 5.69 Å². The minimum Gasteiger partial charge on any atom is -0.320 e. The molecule has 1 aromatic heterocycles. The van der Waals surface area contributed by atoms with Crippen LogP contribution in [0.25, 0.3) is 5.69 Å². The van der Waals surface area contributed by atoms with Crippen molar-refractivity contribution in [1.82, 2.24) is 15.0 Å². The van der Waals surface area contributed by atoms with Gasteiger partial charge in [-0.1, -0.05) is 48.0 Å². The van der Waals surface area contributed by atoms with Crippen molar-refractivity contribution in [2.75, 3.05) is 5.32 Å². The third-order valence-corrected chi connectivity index (χ3v) is 3.94. The molecule has 24 heavy (non-hydrogen) atoms. The number of nitrogens with one attached hydrogen (secondary N) is 1. The monoisotopic (exact) mass is 320 g/mol. The van der Waals surface area contributed by atoms with E-state index < -0.39 is 0 Å². The molecule has 0 aliphatic heterocycles. The van der Waals surface area contributed by atoms with Crippen LogP contribution >= 0.6 is 0 Å². The fourth-order valence-corrected chi connectivity index (χ4v) is 2.71. The molecule has 5 heteroatoms. The Labute approximate surface area is 141 Å². The number of rotatable bonds is 4. The lowest BCUT2D eigenvalue weighted by molar-refractivity contribution is 0.102. The number of hydrogen-bond acceptors (Lipinski definition) is 3. The van der Waals surface area contributed by atoms with E-state index in [4.69, 9.17) is 0 Å². The van der Waals surface area contributed by atoms with Crippen molar-refractivity contribution in [3.8, 4) is 5.69 Å². The van der Waals surface area contributed by atoms with Crippen LogP contribution in [-0.4, -0.2) is 20.9 Å². The molecule has 0 aliphatic rings. The maximum atomic E-state index is 12.6. The Balaban J connectivity index is 1.92. The van der Waals surface area contributed by atoms with Gasteiger partial charge in [-0.15, -0.1) is 5.10 Å². The molecule has 0 aliphatic carbocycles. The molecule has 5 nitrogen and oxygen atoms in total. The van der Waals surface area contributed by atoms with Gasteiger partial charge in [0.2, 0.25) is 0 Å². The molecule has 122 valence electrons. The molecular formula is C19H20N4O. The van der Waals surface area contributed by atoms with Gasteiger partial charge in [0.05, 0.1) is 11.4 Å². The first-order chi connectivity index (χ1) is 11.6. The zero-order valence-corrected chi connectivity index (χ0v) is 14.1. The summed E-state index contributed by atoms with van der Waals surface area (Å²) in [6.07, 6.45) is 0.664. The molecular weight excluding hydrogens is 300 g/mol. The van der Waals surface area contributed by atoms with E-state index >= 15 is 0 Å². The fourth-order valence-electron chi connectivity index (χ4n) is 2.71. The van der Waals surface area contributed by atoms with E-state index in [0.29, 0.717) is 12.1 Å². The highest BCUT2D eigenvalue weighted by Gasteiger charge is 2.19. The van der Waals surface area contributed by atoms with E-state index in [1.165, 1.54) is 0 Å². The molecule has 1 heterocycles. The van der Waals surface area contributed by atoms with Crippen LogP contribution in [0.15, 0.2) is 48.5 Å². The van der Waals surface area contributed by atoms with Crippen molar-refractivity contribution < 1.29 is 4.79 Å². The summed E-state index contributed by atoms with van der Waals surface area (Å²) in [7, 11) is 0. The highest BCUT2D eigenvalue weighted by Crippen LogP contribution is 2.19. The molecule has 1 N–H and O–H groups in total. The second kappa shape index (κ2) is 6.66. The third kappa shape index (κ3) is 3.06. The zero-order chi connectivity index (χ0) is 17.1. The summed E-state index contributed by atoms with van der Waals surface area (Å²) in [5.41, 5.74) is 5.03. The zero-order valence-electron chi connectivity index (χ0n) is 14.1. The lowest BCUT2D eigenvalue weighted by Gasteiger charge is -2.09. The van der Waals surface area contributed by atoms with E-state index in [1.54, 1.807) is 4.68 Å². The van der Waals surface area contributed by atoms with Crippen LogP contribution in [0.5, 0.6) is 0 Å². The van der Waals surface area contributed by atoms with Crippen molar-refractivity contribution in [3.05, 3.63) is 71.0 Å². The molecule has 0 spiro atoms. The van der Waals surface area contributed by atoms with E-state index in [2.05, 4.69) is 15.6 Å². The number of amides is 1. The van der Waals surface area contributed by atoms with Gasteiger partial charge < -0.3 is 5.32 Å². The van der Waals surface area contributed by atoms with Crippen LogP contribution in [-0.2, 0) is 6.42 Å². The normalized spacial score (nSPS) is 10.6. The molecule has 0 saturated heterocycles. The number of carbonyl (C=O) groups is 1. The summed E-state index contributed by atoms with van der Waals surface area (Å²) in [6.45, 7) is 6.00. The summed E-state index contributed by atoms with van der Waals surface area (Å²) < 4.78 is 1.72. The van der Waals surface area contributed by atoms with Crippen LogP contribution in [0.4, 0.5) is 5.69 Å². The first-order valence-electron chi connectivity index (χ1n) is 7.98. The van der Waals surface area contributed by atoms with Crippen molar-refractivity contribution in [3.63, 3.8) is 0 Å². The van der Waals surface area contributed by atoms with Gasteiger partial charge in [-0.25, -0.2) is 4.68 Å². The van der Waals surface area contributed by atoms with Crippen molar-refractivity contribution in [2.45, 2.75) is 27.2 Å². The topological polar surface area (TPSA) is 59.8 Å². The maximum absolute atomic E-state index is 12.6. The number of nitrogens with zero attached hydrogens (tertiary/aromatic N) is 3. The number of aryl methyl sites for hydroxylation is 2. The summed E-state index contributed by atoms with van der Waals surface area (Å²) in [5, 5.41) is 11.2. The van der Waals surface area contributed by atoms with Crippen LogP contribution in [0.2, 0.25) is 0 Å². The molecule has 0 atom stereocenters. The van der Waals surface area contributed by atoms with E-state index in [1.807, 2.05) is 69.3 Å². The standard InChI is InChI=1S/C19H20N4O/c1-4-17-18(21-22-23(17)15-8-6-5-7-9-15)19(24)20-16-11-10-13(2)12-14(16)3/h5-12H,4H2,1-3H3,(H,20,24). The number of anilines is 1. The Bertz CT molecular complexity index is 868. The summed E-state index contributed by atoms with van der Waals surface area (Å²) in [5.74, 6) is -0.235. The van der Waals surface area contributed by atoms with E-state index in [9.17, 15) is 4.79 Å². The molecule has 0 saturated carbocycles. The Morgan fingerprint density at radius 1 is 1.12 bits per heavy atom. The van der Waals surface area contributed by atoms with Crippen LogP contribution in [0.1, 0.15) is 34.2 Å². The lowest BCUT2D eigenvalue weighted by atomic mass is 10.1. The van der Waals surface area contributed by atoms with Crippen LogP contribution in [0.3, 0.4) is 0 Å². The van der Waals surface area contributed by atoms with Gasteiger partial charge in [0, 0.05) is 5.69 Å². The van der Waals surface area contributed by atoms with Gasteiger partial charge >= 0.3 is 0 Å². The molecule has 0 fully saturated rings. The SMILES string of the molecule is CCc1c(C(=O)Nc2ccc(C)cc2C)nnn1-c1ccccc1. The molecule has 3 rings (SSSR count). The van der Waals surface area contributed by atoms with Gasteiger partial charge in [0.25, 0.3) is 5.91 Å². The van der Waals surface area contributed by atoms with Crippen LogP contribution in [0, 0.1) is 13.8 Å². The maximum Gasteiger partial charge on any atom is 0.278 e. The average Bonchev–Trinajstić information content (AvgIpc) is 3.02. The second-order valence-electron chi connectivity index (χ2n) is 5.76. The number of carbonyl (C=O) groups excluding carboxylic acids is 1. The molecule has 2 aromatic carbocycles. The molecule has 1 amide bonds. The highest BCUT2D eigenvalue weighted by atomic mass is 16.2. The Morgan fingerprint density at radius 2 is 1.88 bits per heavy atom. The minimum atomic E-state index is -0.235. The van der Waals surface area contributed by atoms with Crippen LogP contribution < -0.4 is 5.32 Å². The molecule has 0 radical (unpaired) electrons. The second-order valence-corrected chi connectivity index (χ2v) is 5.76. The Kier molecular flexibility index (Phi) is 4.42. The highest BCUT2D eigenvalue weighted by molar-refractivity contribution is 6.04. The van der Waals surface area contributed by atoms with E-state index in [0.717, 1.165) is 28.2 Å². The summed E-state index contributed by atoms with van der Waals surface area (Å²) in [4.78, 5) is 12.6. The average molecular weight is 320 g/mol. The summed E-state index contributed by atoms with van der Waals surface area (Å²) in [6, 6.07) is 15.6. The van der Waals surface area contributed by atoms with Gasteiger partial charge in [0.1, 0.15) is 0 Å². The van der Waals surface area contributed by atoms with E-state index in [-0.39, 0.29) is 5.91 Å². The van der Waals surface area contributed by atoms with Gasteiger partial charge in [-0.05, 0) is 44.0 Å². The number of benzene rings is 2. The molecule has 0 bridgehead atoms. The third-order valence-electron chi connectivity index (χ3n) is 3.94. The lowest BCUT2D eigenvalue weighted by Crippen LogP contribution is -2.16. The summed E-state index contributed by atoms with van der Waals surface area (Å²) >= 11 is 0. The largest absolute Gasteiger partial charge is 0.320 e. The van der Waals surface area contributed by atoms with Gasteiger partial charge in [-0.2, -0.15) is 0 Å². The van der Waals surface area contributed by atoms with Gasteiger partial charge in [-0.3, -0.25) is 4.79 Å². The van der Waals surface area contributed by atoms with Crippen molar-refractivity contribution in [2.24, 2.45) is 0 Å². The van der Waals surface area contributed by atoms with Crippen molar-refractivity contribution in [1.29, 1.82) is 0 Å². The first-order valence-corrected chi connectivity index (χ1v) is 7.98. The number of aromatic nitrogens is 3. The predicted molar refractivity (Wildman–Crippen MR) is 94.6 cm³/mol. The Hall–Kier alpha value is -2.95. The van der Waals surface area contributed by atoms with Crippen molar-refractivity contribution >= 4 is 11.6 Å². The number of para-hydroxylation sites is 1. The number of hydrogen-bond donors (Lipinski definition) is 1. The quantitative estimate of drug-likeness (QED) is 0.797. The fraction of sp³-hybridized carbons (Fsp3) is 0.211. The minimum absolute atomic E-state index is 0.235. The first kappa shape index (κ1) is 15.9.